The van der Waals surface area contributed by atoms with Crippen LogP contribution in [0, 0.1) is 0 Å². The number of hydrogen-bond acceptors (Lipinski definition) is 3. The molecule has 1 aromatic heterocycles. The summed E-state index contributed by atoms with van der Waals surface area (Å²) in [5.74, 6) is 1.07. The number of carbonyl (C=O) groups excluding carboxylic acids is 1. The maximum Gasteiger partial charge on any atom is 0.328 e. The van der Waals surface area contributed by atoms with Gasteiger partial charge in [-0.2, -0.15) is 0 Å². The number of ether oxygens (including phenoxy) is 1. The first kappa shape index (κ1) is 18.6. The third-order valence-electron chi connectivity index (χ3n) is 4.75. The predicted molar refractivity (Wildman–Crippen MR) is 113 cm³/mol. The fourth-order valence-corrected chi connectivity index (χ4v) is 3.28. The molecule has 0 aliphatic heterocycles. The zero-order chi connectivity index (χ0) is 20.2. The molecule has 0 aliphatic rings. The molecule has 0 bridgehead atoms. The Labute approximate surface area is 168 Å². The number of aryl methyl sites for hydroxylation is 2. The smallest absolute Gasteiger partial charge is 0.328 e. The Kier molecular flexibility index (Phi) is 5.16. The van der Waals surface area contributed by atoms with Gasteiger partial charge in [0.15, 0.2) is 5.75 Å². The molecule has 0 radical (unpaired) electrons. The molecular formula is C23H21N3O3. The normalized spacial score (nSPS) is 10.8. The highest BCUT2D eigenvalue weighted by Gasteiger charge is 2.13. The molecule has 6 nitrogen and oxygen atoms in total. The van der Waals surface area contributed by atoms with Crippen LogP contribution in [0.2, 0.25) is 0 Å². The van der Waals surface area contributed by atoms with E-state index >= 15 is 0 Å². The van der Waals surface area contributed by atoms with E-state index in [1.807, 2.05) is 66.7 Å². The molecule has 1 amide bonds. The summed E-state index contributed by atoms with van der Waals surface area (Å²) in [7, 11) is 1.73. The minimum absolute atomic E-state index is 0.133. The van der Waals surface area contributed by atoms with Gasteiger partial charge in [-0.1, -0.05) is 42.5 Å². The maximum atomic E-state index is 12.6. The number of benzene rings is 3. The molecule has 6 heteroatoms. The van der Waals surface area contributed by atoms with Crippen molar-refractivity contribution < 1.29 is 9.53 Å². The van der Waals surface area contributed by atoms with Crippen LogP contribution in [0.3, 0.4) is 0 Å². The number of carbonyl (C=O) groups is 1. The molecule has 0 saturated carbocycles. The van der Waals surface area contributed by atoms with Crippen LogP contribution in [-0.4, -0.2) is 15.0 Å². The molecule has 0 unspecified atom stereocenters. The lowest BCUT2D eigenvalue weighted by Crippen LogP contribution is -2.24. The van der Waals surface area contributed by atoms with Crippen LogP contribution >= 0.6 is 0 Å². The standard InChI is InChI=1S/C23H21N3O3/c1-25-19-12-6-7-13-20(19)26(23(25)28)16-15-22(27)24-18-11-5-8-14-21(18)29-17-9-3-2-4-10-17/h2-14H,15-16H2,1H3,(H,24,27). The zero-order valence-corrected chi connectivity index (χ0v) is 16.0. The molecule has 0 aliphatic carbocycles. The van der Waals surface area contributed by atoms with Crippen molar-refractivity contribution in [3.05, 3.63) is 89.3 Å². The van der Waals surface area contributed by atoms with Crippen LogP contribution < -0.4 is 15.7 Å². The topological polar surface area (TPSA) is 65.3 Å². The molecule has 1 heterocycles. The Morgan fingerprint density at radius 2 is 1.55 bits per heavy atom. The number of hydrogen-bond donors (Lipinski definition) is 1. The zero-order valence-electron chi connectivity index (χ0n) is 16.0. The predicted octanol–water partition coefficient (Wildman–Crippen LogP) is 4.16. The van der Waals surface area contributed by atoms with Gasteiger partial charge in [0, 0.05) is 20.0 Å². The number of fused-ring (bicyclic) bond motifs is 1. The van der Waals surface area contributed by atoms with Gasteiger partial charge in [0.2, 0.25) is 5.91 Å². The molecule has 3 aromatic carbocycles. The van der Waals surface area contributed by atoms with Gasteiger partial charge < -0.3 is 10.1 Å². The number of para-hydroxylation sites is 5. The number of nitrogens with zero attached hydrogens (tertiary/aromatic N) is 2. The third-order valence-corrected chi connectivity index (χ3v) is 4.75. The fourth-order valence-electron chi connectivity index (χ4n) is 3.28. The number of rotatable bonds is 6. The van der Waals surface area contributed by atoms with E-state index < -0.39 is 0 Å². The Morgan fingerprint density at radius 1 is 0.897 bits per heavy atom. The van der Waals surface area contributed by atoms with Crippen LogP contribution in [0.15, 0.2) is 83.7 Å². The van der Waals surface area contributed by atoms with E-state index in [1.165, 1.54) is 0 Å². The largest absolute Gasteiger partial charge is 0.455 e. The van der Waals surface area contributed by atoms with Gasteiger partial charge in [0.05, 0.1) is 16.7 Å². The molecule has 4 aromatic rings. The van der Waals surface area contributed by atoms with E-state index in [4.69, 9.17) is 4.74 Å². The second kappa shape index (κ2) is 8.06. The highest BCUT2D eigenvalue weighted by molar-refractivity contribution is 5.92. The van der Waals surface area contributed by atoms with Crippen molar-refractivity contribution in [1.29, 1.82) is 0 Å². The first-order valence-electron chi connectivity index (χ1n) is 9.39. The summed E-state index contributed by atoms with van der Waals surface area (Å²) < 4.78 is 9.10. The minimum Gasteiger partial charge on any atom is -0.455 e. The summed E-state index contributed by atoms with van der Waals surface area (Å²) >= 11 is 0. The second-order valence-electron chi connectivity index (χ2n) is 6.69. The molecule has 1 N–H and O–H groups in total. The van der Waals surface area contributed by atoms with Gasteiger partial charge in [-0.25, -0.2) is 4.79 Å². The average Bonchev–Trinajstić information content (AvgIpc) is 2.99. The van der Waals surface area contributed by atoms with Crippen LogP contribution in [0.1, 0.15) is 6.42 Å². The Bertz CT molecular complexity index is 1210. The molecule has 146 valence electrons. The monoisotopic (exact) mass is 387 g/mol. The van der Waals surface area contributed by atoms with Crippen molar-refractivity contribution in [3.8, 4) is 11.5 Å². The Hall–Kier alpha value is -3.80. The van der Waals surface area contributed by atoms with E-state index in [1.54, 1.807) is 28.3 Å². The lowest BCUT2D eigenvalue weighted by atomic mass is 10.2. The number of aromatic nitrogens is 2. The van der Waals surface area contributed by atoms with Gasteiger partial charge >= 0.3 is 5.69 Å². The molecule has 29 heavy (non-hydrogen) atoms. The van der Waals surface area contributed by atoms with E-state index in [-0.39, 0.29) is 18.0 Å². The summed E-state index contributed by atoms with van der Waals surface area (Å²) in [5, 5.41) is 2.89. The number of imidazole rings is 1. The summed E-state index contributed by atoms with van der Waals surface area (Å²) in [6.45, 7) is 0.299. The van der Waals surface area contributed by atoms with Gasteiger partial charge in [0.25, 0.3) is 0 Å². The molecule has 4 rings (SSSR count). The summed E-state index contributed by atoms with van der Waals surface area (Å²) in [6, 6.07) is 24.2. The van der Waals surface area contributed by atoms with Gasteiger partial charge in [-0.15, -0.1) is 0 Å². The summed E-state index contributed by atoms with van der Waals surface area (Å²) in [4.78, 5) is 25.0. The lowest BCUT2D eigenvalue weighted by Gasteiger charge is -2.12. The van der Waals surface area contributed by atoms with Crippen molar-refractivity contribution >= 4 is 22.6 Å². The average molecular weight is 387 g/mol. The van der Waals surface area contributed by atoms with Gasteiger partial charge in [-0.3, -0.25) is 13.9 Å². The molecule has 0 atom stereocenters. The fraction of sp³-hybridized carbons (Fsp3) is 0.130. The van der Waals surface area contributed by atoms with Crippen LogP contribution in [0.4, 0.5) is 5.69 Å². The number of amides is 1. The van der Waals surface area contributed by atoms with E-state index in [0.29, 0.717) is 23.7 Å². The molecule has 0 saturated heterocycles. The molecule has 0 fully saturated rings. The van der Waals surface area contributed by atoms with Crippen molar-refractivity contribution in [2.24, 2.45) is 7.05 Å². The van der Waals surface area contributed by atoms with Crippen LogP contribution in [0.5, 0.6) is 11.5 Å². The Balaban J connectivity index is 1.48. The van der Waals surface area contributed by atoms with Crippen molar-refractivity contribution in [2.75, 3.05) is 5.32 Å². The van der Waals surface area contributed by atoms with Crippen LogP contribution in [-0.2, 0) is 18.4 Å². The van der Waals surface area contributed by atoms with Crippen molar-refractivity contribution in [1.82, 2.24) is 9.13 Å². The minimum atomic E-state index is -0.186. The Morgan fingerprint density at radius 3 is 2.34 bits per heavy atom. The quantitative estimate of drug-likeness (QED) is 0.540. The summed E-state index contributed by atoms with van der Waals surface area (Å²) in [5.41, 5.74) is 2.12. The van der Waals surface area contributed by atoms with E-state index in [0.717, 1.165) is 11.0 Å². The highest BCUT2D eigenvalue weighted by Crippen LogP contribution is 2.29. The number of anilines is 1. The highest BCUT2D eigenvalue weighted by atomic mass is 16.5. The van der Waals surface area contributed by atoms with Crippen molar-refractivity contribution in [3.63, 3.8) is 0 Å². The maximum absolute atomic E-state index is 12.6. The number of nitrogens with one attached hydrogen (secondary N) is 1. The lowest BCUT2D eigenvalue weighted by molar-refractivity contribution is -0.116. The van der Waals surface area contributed by atoms with E-state index in [9.17, 15) is 9.59 Å². The molecule has 0 spiro atoms. The summed E-state index contributed by atoms with van der Waals surface area (Å²) in [6.07, 6.45) is 0.174. The molecular weight excluding hydrogens is 366 g/mol. The SMILES string of the molecule is Cn1c(=O)n(CCC(=O)Nc2ccccc2Oc2ccccc2)c2ccccc21. The first-order valence-corrected chi connectivity index (χ1v) is 9.39. The van der Waals surface area contributed by atoms with Gasteiger partial charge in [-0.05, 0) is 36.4 Å². The van der Waals surface area contributed by atoms with E-state index in [2.05, 4.69) is 5.32 Å². The third kappa shape index (κ3) is 3.91. The van der Waals surface area contributed by atoms with Crippen molar-refractivity contribution in [2.45, 2.75) is 13.0 Å². The van der Waals surface area contributed by atoms with Gasteiger partial charge in [0.1, 0.15) is 5.75 Å². The van der Waals surface area contributed by atoms with Crippen LogP contribution in [0.25, 0.3) is 11.0 Å². The first-order chi connectivity index (χ1) is 14.1. The second-order valence-corrected chi connectivity index (χ2v) is 6.69.